The van der Waals surface area contributed by atoms with Crippen molar-refractivity contribution in [3.63, 3.8) is 0 Å². The molecule has 0 amide bonds. The van der Waals surface area contributed by atoms with Gasteiger partial charge in [0.05, 0.1) is 12.7 Å². The van der Waals surface area contributed by atoms with E-state index >= 15 is 0 Å². The quantitative estimate of drug-likeness (QED) is 0.626. The Balaban J connectivity index is 1.69. The Bertz CT molecular complexity index is 265. The maximum Gasteiger partial charge on any atom is 0.0791 e. The van der Waals surface area contributed by atoms with E-state index in [4.69, 9.17) is 4.74 Å². The molecule has 2 aliphatic heterocycles. The van der Waals surface area contributed by atoms with Gasteiger partial charge in [0.15, 0.2) is 0 Å². The van der Waals surface area contributed by atoms with Gasteiger partial charge < -0.3 is 15.2 Å². The summed E-state index contributed by atoms with van der Waals surface area (Å²) in [6.45, 7) is 8.77. The number of hydrogen-bond donors (Lipinski definition) is 2. The smallest absolute Gasteiger partial charge is 0.0791 e. The van der Waals surface area contributed by atoms with Crippen LogP contribution in [0.25, 0.3) is 0 Å². The van der Waals surface area contributed by atoms with Crippen LogP contribution < -0.4 is 5.32 Å². The van der Waals surface area contributed by atoms with E-state index < -0.39 is 0 Å². The molecule has 0 aliphatic carbocycles. The van der Waals surface area contributed by atoms with Crippen molar-refractivity contribution in [2.45, 2.75) is 38.0 Å². The zero-order valence-corrected chi connectivity index (χ0v) is 12.3. The summed E-state index contributed by atoms with van der Waals surface area (Å²) in [5.41, 5.74) is 0. The van der Waals surface area contributed by atoms with Crippen LogP contribution in [0.5, 0.6) is 0 Å². The summed E-state index contributed by atoms with van der Waals surface area (Å²) in [5, 5.41) is 13.3. The van der Waals surface area contributed by atoms with Gasteiger partial charge in [-0.2, -0.15) is 0 Å². The number of aliphatic hydroxyl groups is 1. The number of aliphatic hydroxyl groups excluding tert-OH is 1. The largest absolute Gasteiger partial charge is 0.390 e. The fourth-order valence-corrected chi connectivity index (χ4v) is 3.28. The van der Waals surface area contributed by atoms with E-state index in [9.17, 15) is 5.11 Å². The molecule has 2 heterocycles. The molecule has 2 aliphatic rings. The number of methoxy groups -OCH3 is 1. The van der Waals surface area contributed by atoms with Crippen LogP contribution in [0.15, 0.2) is 0 Å². The molecule has 0 bridgehead atoms. The zero-order chi connectivity index (χ0) is 13.7. The summed E-state index contributed by atoms with van der Waals surface area (Å²) in [5.74, 6) is 0. The summed E-state index contributed by atoms with van der Waals surface area (Å²) in [6.07, 6.45) is 2.38. The second-order valence-electron chi connectivity index (χ2n) is 5.94. The predicted octanol–water partition coefficient (Wildman–Crippen LogP) is -0.248. The number of fused-ring (bicyclic) bond motifs is 1. The molecular formula is C14H29N3O2. The molecule has 2 rings (SSSR count). The Morgan fingerprint density at radius 3 is 3.05 bits per heavy atom. The minimum atomic E-state index is -0.285. The van der Waals surface area contributed by atoms with Gasteiger partial charge in [0, 0.05) is 51.9 Å². The highest BCUT2D eigenvalue weighted by molar-refractivity contribution is 4.91. The van der Waals surface area contributed by atoms with Crippen LogP contribution >= 0.6 is 0 Å². The minimum absolute atomic E-state index is 0.285. The van der Waals surface area contributed by atoms with E-state index in [2.05, 4.69) is 22.0 Å². The van der Waals surface area contributed by atoms with Crippen LogP contribution in [-0.4, -0.2) is 86.1 Å². The molecule has 5 nitrogen and oxygen atoms in total. The van der Waals surface area contributed by atoms with Gasteiger partial charge in [0.2, 0.25) is 0 Å². The van der Waals surface area contributed by atoms with Gasteiger partial charge in [0.25, 0.3) is 0 Å². The molecule has 0 spiro atoms. The maximum absolute atomic E-state index is 10.1. The van der Waals surface area contributed by atoms with Gasteiger partial charge >= 0.3 is 0 Å². The minimum Gasteiger partial charge on any atom is -0.390 e. The molecule has 0 radical (unpaired) electrons. The van der Waals surface area contributed by atoms with Crippen LogP contribution in [-0.2, 0) is 4.74 Å². The van der Waals surface area contributed by atoms with E-state index in [0.717, 1.165) is 32.2 Å². The first-order valence-corrected chi connectivity index (χ1v) is 7.56. The van der Waals surface area contributed by atoms with Gasteiger partial charge in [-0.15, -0.1) is 0 Å². The van der Waals surface area contributed by atoms with Gasteiger partial charge in [-0.25, -0.2) is 0 Å². The fourth-order valence-electron chi connectivity index (χ4n) is 3.28. The fraction of sp³-hybridized carbons (Fsp3) is 1.00. The monoisotopic (exact) mass is 271 g/mol. The molecule has 2 N–H and O–H groups in total. The molecule has 0 aromatic heterocycles. The number of nitrogens with one attached hydrogen (secondary N) is 1. The molecule has 0 aromatic carbocycles. The summed E-state index contributed by atoms with van der Waals surface area (Å²) in [4.78, 5) is 5.07. The van der Waals surface area contributed by atoms with E-state index in [0.29, 0.717) is 19.2 Å². The lowest BCUT2D eigenvalue weighted by Gasteiger charge is -2.43. The van der Waals surface area contributed by atoms with Crippen LogP contribution in [0.2, 0.25) is 0 Å². The molecule has 3 atom stereocenters. The molecule has 0 aromatic rings. The molecule has 2 fully saturated rings. The highest BCUT2D eigenvalue weighted by Gasteiger charge is 2.34. The van der Waals surface area contributed by atoms with Crippen LogP contribution in [0.3, 0.4) is 0 Å². The van der Waals surface area contributed by atoms with Crippen molar-refractivity contribution < 1.29 is 9.84 Å². The average Bonchev–Trinajstić information content (AvgIpc) is 2.82. The van der Waals surface area contributed by atoms with Gasteiger partial charge in [-0.05, 0) is 26.3 Å². The summed E-state index contributed by atoms with van der Waals surface area (Å²) in [6, 6.07) is 1.29. The molecule has 5 heteroatoms. The third kappa shape index (κ3) is 4.39. The van der Waals surface area contributed by atoms with Crippen LogP contribution in [0.1, 0.15) is 19.8 Å². The SMILES string of the molecule is COCCNCC(O)CN1CC2CCCN2CC1C. The Morgan fingerprint density at radius 2 is 2.26 bits per heavy atom. The molecule has 0 saturated carbocycles. The zero-order valence-electron chi connectivity index (χ0n) is 12.3. The van der Waals surface area contributed by atoms with Gasteiger partial charge in [-0.1, -0.05) is 0 Å². The van der Waals surface area contributed by atoms with E-state index in [-0.39, 0.29) is 6.10 Å². The normalized spacial score (nSPS) is 30.5. The van der Waals surface area contributed by atoms with Crippen molar-refractivity contribution in [2.75, 3.05) is 53.0 Å². The van der Waals surface area contributed by atoms with Crippen molar-refractivity contribution in [2.24, 2.45) is 0 Å². The molecule has 3 unspecified atom stereocenters. The van der Waals surface area contributed by atoms with Crippen molar-refractivity contribution in [1.29, 1.82) is 0 Å². The van der Waals surface area contributed by atoms with Gasteiger partial charge in [-0.3, -0.25) is 9.80 Å². The highest BCUT2D eigenvalue weighted by Crippen LogP contribution is 2.24. The third-order valence-electron chi connectivity index (χ3n) is 4.37. The molecule has 2 saturated heterocycles. The topological polar surface area (TPSA) is 48.0 Å². The van der Waals surface area contributed by atoms with E-state index in [1.165, 1.54) is 19.4 Å². The Kier molecular flexibility index (Phi) is 6.04. The summed E-state index contributed by atoms with van der Waals surface area (Å²) in [7, 11) is 1.70. The Labute approximate surface area is 116 Å². The molecule has 19 heavy (non-hydrogen) atoms. The van der Waals surface area contributed by atoms with E-state index in [1.807, 2.05) is 0 Å². The lowest BCUT2D eigenvalue weighted by atomic mass is 10.1. The average molecular weight is 271 g/mol. The standard InChI is InChI=1S/C14H29N3O2/c1-12-9-16-6-3-4-13(16)10-17(12)11-14(18)8-15-5-7-19-2/h12-15,18H,3-11H2,1-2H3. The second-order valence-corrected chi connectivity index (χ2v) is 5.94. The van der Waals surface area contributed by atoms with Crippen molar-refractivity contribution in [3.05, 3.63) is 0 Å². The molecular weight excluding hydrogens is 242 g/mol. The molecule has 112 valence electrons. The maximum atomic E-state index is 10.1. The first-order chi connectivity index (χ1) is 9.20. The number of ether oxygens (including phenoxy) is 1. The summed E-state index contributed by atoms with van der Waals surface area (Å²) < 4.78 is 4.98. The first kappa shape index (κ1) is 15.2. The number of β-amino-alcohol motifs (C(OH)–C–C–N with tert-alkyl or cyclic N) is 1. The summed E-state index contributed by atoms with van der Waals surface area (Å²) >= 11 is 0. The Morgan fingerprint density at radius 1 is 1.42 bits per heavy atom. The van der Waals surface area contributed by atoms with Gasteiger partial charge in [0.1, 0.15) is 0 Å². The van der Waals surface area contributed by atoms with E-state index in [1.54, 1.807) is 7.11 Å². The van der Waals surface area contributed by atoms with Crippen LogP contribution in [0.4, 0.5) is 0 Å². The number of nitrogens with zero attached hydrogens (tertiary/aromatic N) is 2. The Hall–Kier alpha value is -0.200. The lowest BCUT2D eigenvalue weighted by molar-refractivity contribution is 0.0230. The second kappa shape index (κ2) is 7.55. The van der Waals surface area contributed by atoms with Crippen molar-refractivity contribution >= 4 is 0 Å². The number of rotatable bonds is 7. The third-order valence-corrected chi connectivity index (χ3v) is 4.37. The lowest BCUT2D eigenvalue weighted by Crippen LogP contribution is -2.57. The number of hydrogen-bond acceptors (Lipinski definition) is 5. The highest BCUT2D eigenvalue weighted by atomic mass is 16.5. The van der Waals surface area contributed by atoms with Crippen molar-refractivity contribution in [1.82, 2.24) is 15.1 Å². The first-order valence-electron chi connectivity index (χ1n) is 7.56. The van der Waals surface area contributed by atoms with Crippen molar-refractivity contribution in [3.8, 4) is 0 Å². The number of piperazine rings is 1. The van der Waals surface area contributed by atoms with Crippen LogP contribution in [0, 0.1) is 0 Å². The predicted molar refractivity (Wildman–Crippen MR) is 76.4 cm³/mol.